The Morgan fingerprint density at radius 2 is 1.62 bits per heavy atom. The predicted molar refractivity (Wildman–Crippen MR) is 130 cm³/mol. The van der Waals surface area contributed by atoms with Crippen molar-refractivity contribution in [1.82, 2.24) is 15.1 Å². The van der Waals surface area contributed by atoms with Gasteiger partial charge in [-0.3, -0.25) is 14.4 Å². The van der Waals surface area contributed by atoms with Gasteiger partial charge in [-0.25, -0.2) is 4.68 Å². The SMILES string of the molecule is NC(=O)CNC(=O)c1cccc(NC(=O)c2cc(-c3ccc(Cl)cc3)nn2-c2ccccc2)c1. The number of nitrogens with one attached hydrogen (secondary N) is 2. The molecule has 1 aromatic heterocycles. The largest absolute Gasteiger partial charge is 0.368 e. The average Bonchev–Trinajstić information content (AvgIpc) is 3.29. The maximum Gasteiger partial charge on any atom is 0.274 e. The van der Waals surface area contributed by atoms with E-state index in [1.807, 2.05) is 42.5 Å². The summed E-state index contributed by atoms with van der Waals surface area (Å²) in [7, 11) is 0. The zero-order chi connectivity index (χ0) is 24.1. The van der Waals surface area contributed by atoms with E-state index >= 15 is 0 Å². The van der Waals surface area contributed by atoms with Crippen molar-refractivity contribution >= 4 is 35.0 Å². The number of carbonyl (C=O) groups is 3. The third-order valence-electron chi connectivity index (χ3n) is 4.89. The molecular formula is C25H20ClN5O3. The maximum atomic E-state index is 13.2. The smallest absolute Gasteiger partial charge is 0.274 e. The molecule has 0 saturated heterocycles. The summed E-state index contributed by atoms with van der Waals surface area (Å²) in [6, 6.07) is 24.5. The number of hydrogen-bond acceptors (Lipinski definition) is 4. The molecule has 8 nitrogen and oxygen atoms in total. The van der Waals surface area contributed by atoms with Gasteiger partial charge in [0, 0.05) is 21.8 Å². The topological polar surface area (TPSA) is 119 Å². The summed E-state index contributed by atoms with van der Waals surface area (Å²) >= 11 is 6.00. The van der Waals surface area contributed by atoms with Crippen molar-refractivity contribution in [3.8, 4) is 16.9 Å². The first kappa shape index (κ1) is 22.8. The lowest BCUT2D eigenvalue weighted by Crippen LogP contribution is -2.33. The number of benzene rings is 3. The monoisotopic (exact) mass is 473 g/mol. The summed E-state index contributed by atoms with van der Waals surface area (Å²) in [5.74, 6) is -1.54. The van der Waals surface area contributed by atoms with E-state index in [2.05, 4.69) is 15.7 Å². The quantitative estimate of drug-likeness (QED) is 0.379. The number of para-hydroxylation sites is 1. The summed E-state index contributed by atoms with van der Waals surface area (Å²) in [5, 5.41) is 10.5. The Hall–Kier alpha value is -4.43. The molecule has 3 amide bonds. The van der Waals surface area contributed by atoms with Crippen LogP contribution in [0.1, 0.15) is 20.8 Å². The van der Waals surface area contributed by atoms with Crippen LogP contribution in [0.5, 0.6) is 0 Å². The molecule has 4 rings (SSSR count). The molecule has 0 atom stereocenters. The van der Waals surface area contributed by atoms with Crippen molar-refractivity contribution in [2.24, 2.45) is 5.73 Å². The first-order valence-corrected chi connectivity index (χ1v) is 10.7. The standard InChI is InChI=1S/C25H20ClN5O3/c26-18-11-9-16(10-12-18)21-14-22(31(30-21)20-7-2-1-3-8-20)25(34)29-19-6-4-5-17(13-19)24(33)28-15-23(27)32/h1-14H,15H2,(H2,27,32)(H,28,33)(H,29,34). The first-order chi connectivity index (χ1) is 16.4. The van der Waals surface area contributed by atoms with E-state index in [1.54, 1.807) is 41.1 Å². The Bertz CT molecular complexity index is 1350. The van der Waals surface area contributed by atoms with Crippen LogP contribution in [0.2, 0.25) is 5.02 Å². The van der Waals surface area contributed by atoms with Gasteiger partial charge >= 0.3 is 0 Å². The van der Waals surface area contributed by atoms with Crippen LogP contribution in [0.4, 0.5) is 5.69 Å². The summed E-state index contributed by atoms with van der Waals surface area (Å²) in [4.78, 5) is 36.4. The number of carbonyl (C=O) groups excluding carboxylic acids is 3. The number of hydrogen-bond donors (Lipinski definition) is 3. The van der Waals surface area contributed by atoms with E-state index in [-0.39, 0.29) is 12.1 Å². The van der Waals surface area contributed by atoms with Crippen molar-refractivity contribution in [2.45, 2.75) is 0 Å². The Kier molecular flexibility index (Phi) is 6.70. The van der Waals surface area contributed by atoms with Crippen LogP contribution in [-0.2, 0) is 4.79 Å². The van der Waals surface area contributed by atoms with Crippen LogP contribution in [-0.4, -0.2) is 34.0 Å². The van der Waals surface area contributed by atoms with Gasteiger partial charge in [-0.1, -0.05) is 48.0 Å². The van der Waals surface area contributed by atoms with Crippen LogP contribution in [0.25, 0.3) is 16.9 Å². The molecule has 4 N–H and O–H groups in total. The highest BCUT2D eigenvalue weighted by Gasteiger charge is 2.18. The van der Waals surface area contributed by atoms with E-state index in [0.717, 1.165) is 5.56 Å². The van der Waals surface area contributed by atoms with Gasteiger partial charge in [0.25, 0.3) is 11.8 Å². The minimum Gasteiger partial charge on any atom is -0.368 e. The van der Waals surface area contributed by atoms with E-state index in [4.69, 9.17) is 17.3 Å². The highest BCUT2D eigenvalue weighted by molar-refractivity contribution is 6.30. The first-order valence-electron chi connectivity index (χ1n) is 10.3. The van der Waals surface area contributed by atoms with Crippen molar-refractivity contribution in [1.29, 1.82) is 0 Å². The molecule has 1 heterocycles. The van der Waals surface area contributed by atoms with E-state index in [1.165, 1.54) is 6.07 Å². The third kappa shape index (κ3) is 5.31. The zero-order valence-electron chi connectivity index (χ0n) is 17.9. The summed E-state index contributed by atoms with van der Waals surface area (Å²) < 4.78 is 1.56. The molecule has 34 heavy (non-hydrogen) atoms. The van der Waals surface area contributed by atoms with Gasteiger partial charge in [-0.05, 0) is 48.5 Å². The minimum absolute atomic E-state index is 0.275. The van der Waals surface area contributed by atoms with Gasteiger partial charge in [0.15, 0.2) is 0 Å². The van der Waals surface area contributed by atoms with Gasteiger partial charge in [0.05, 0.1) is 17.9 Å². The summed E-state index contributed by atoms with van der Waals surface area (Å²) in [5.41, 5.74) is 8.18. The molecule has 0 unspecified atom stereocenters. The number of nitrogens with zero attached hydrogens (tertiary/aromatic N) is 2. The molecule has 0 bridgehead atoms. The normalized spacial score (nSPS) is 10.5. The molecule has 0 fully saturated rings. The number of anilines is 1. The number of amides is 3. The molecule has 0 saturated carbocycles. The lowest BCUT2D eigenvalue weighted by Gasteiger charge is -2.09. The molecule has 0 aliphatic carbocycles. The van der Waals surface area contributed by atoms with Gasteiger partial charge in [-0.15, -0.1) is 0 Å². The highest BCUT2D eigenvalue weighted by atomic mass is 35.5. The number of aromatic nitrogens is 2. The number of halogens is 1. The van der Waals surface area contributed by atoms with Gasteiger partial charge in [-0.2, -0.15) is 5.10 Å². The fourth-order valence-electron chi connectivity index (χ4n) is 3.27. The van der Waals surface area contributed by atoms with Crippen molar-refractivity contribution in [2.75, 3.05) is 11.9 Å². The van der Waals surface area contributed by atoms with E-state index in [0.29, 0.717) is 27.8 Å². The number of nitrogens with two attached hydrogens (primary N) is 1. The Morgan fingerprint density at radius 3 is 2.32 bits per heavy atom. The lowest BCUT2D eigenvalue weighted by molar-refractivity contribution is -0.117. The van der Waals surface area contributed by atoms with Gasteiger partial charge in [0.2, 0.25) is 5.91 Å². The number of primary amides is 1. The molecule has 170 valence electrons. The lowest BCUT2D eigenvalue weighted by atomic mass is 10.1. The zero-order valence-corrected chi connectivity index (χ0v) is 18.6. The van der Waals surface area contributed by atoms with Crippen molar-refractivity contribution in [3.63, 3.8) is 0 Å². The van der Waals surface area contributed by atoms with Gasteiger partial charge in [0.1, 0.15) is 5.69 Å². The van der Waals surface area contributed by atoms with Crippen LogP contribution in [0.15, 0.2) is 84.9 Å². The average molecular weight is 474 g/mol. The molecular weight excluding hydrogens is 454 g/mol. The highest BCUT2D eigenvalue weighted by Crippen LogP contribution is 2.24. The van der Waals surface area contributed by atoms with Crippen molar-refractivity contribution < 1.29 is 14.4 Å². The molecule has 3 aromatic carbocycles. The van der Waals surface area contributed by atoms with Crippen molar-refractivity contribution in [3.05, 3.63) is 101 Å². The molecule has 4 aromatic rings. The molecule has 0 aliphatic heterocycles. The minimum atomic E-state index is -0.650. The van der Waals surface area contributed by atoms with E-state index < -0.39 is 17.7 Å². The Balaban J connectivity index is 1.64. The Morgan fingerprint density at radius 1 is 0.882 bits per heavy atom. The second-order valence-corrected chi connectivity index (χ2v) is 7.79. The molecule has 0 radical (unpaired) electrons. The molecule has 0 spiro atoms. The molecule has 0 aliphatic rings. The number of rotatable bonds is 7. The molecule has 9 heteroatoms. The van der Waals surface area contributed by atoms with Crippen LogP contribution in [0, 0.1) is 0 Å². The van der Waals surface area contributed by atoms with Crippen LogP contribution < -0.4 is 16.4 Å². The van der Waals surface area contributed by atoms with Crippen LogP contribution in [0.3, 0.4) is 0 Å². The predicted octanol–water partition coefficient (Wildman–Crippen LogP) is 3.66. The maximum absolute atomic E-state index is 13.2. The fraction of sp³-hybridized carbons (Fsp3) is 0.0400. The summed E-state index contributed by atoms with van der Waals surface area (Å²) in [6.45, 7) is -0.279. The third-order valence-corrected chi connectivity index (χ3v) is 5.14. The fourth-order valence-corrected chi connectivity index (χ4v) is 3.40. The second kappa shape index (κ2) is 10.0. The second-order valence-electron chi connectivity index (χ2n) is 7.35. The Labute approximate surface area is 200 Å². The van der Waals surface area contributed by atoms with Gasteiger partial charge < -0.3 is 16.4 Å². The van der Waals surface area contributed by atoms with E-state index in [9.17, 15) is 14.4 Å². The summed E-state index contributed by atoms with van der Waals surface area (Å²) in [6.07, 6.45) is 0. The van der Waals surface area contributed by atoms with Crippen LogP contribution >= 0.6 is 11.6 Å².